The minimum Gasteiger partial charge on any atom is -0.478 e. The van der Waals surface area contributed by atoms with Gasteiger partial charge < -0.3 is 9.52 Å². The van der Waals surface area contributed by atoms with E-state index in [1.807, 2.05) is 36.4 Å². The predicted molar refractivity (Wildman–Crippen MR) is 156 cm³/mol. The molecule has 208 valence electrons. The molecular formula is C32H29ClN4O4. The van der Waals surface area contributed by atoms with Crippen LogP contribution in [0.1, 0.15) is 79.1 Å². The Labute approximate surface area is 241 Å². The van der Waals surface area contributed by atoms with Crippen LogP contribution in [0.2, 0.25) is 5.02 Å². The van der Waals surface area contributed by atoms with E-state index in [1.165, 1.54) is 25.7 Å². The number of hydrogen-bond donors (Lipinski definition) is 1. The first kappa shape index (κ1) is 25.8. The molecule has 3 aromatic carbocycles. The van der Waals surface area contributed by atoms with Crippen molar-refractivity contribution in [1.29, 1.82) is 0 Å². The number of hydrogen-bond acceptors (Lipinski definition) is 5. The van der Waals surface area contributed by atoms with Crippen LogP contribution in [0.15, 0.2) is 75.9 Å². The van der Waals surface area contributed by atoms with E-state index < -0.39 is 11.5 Å². The number of aromatic nitrogens is 4. The van der Waals surface area contributed by atoms with Crippen LogP contribution < -0.4 is 5.69 Å². The molecule has 0 spiro atoms. The molecule has 2 heterocycles. The van der Waals surface area contributed by atoms with Crippen molar-refractivity contribution in [2.45, 2.75) is 62.8 Å². The maximum Gasteiger partial charge on any atom is 0.335 e. The first-order valence-corrected chi connectivity index (χ1v) is 14.5. The lowest BCUT2D eigenvalue weighted by Crippen LogP contribution is -2.32. The molecule has 0 bridgehead atoms. The fraction of sp³-hybridized carbons (Fsp3) is 0.312. The van der Waals surface area contributed by atoms with Crippen molar-refractivity contribution in [1.82, 2.24) is 19.3 Å². The van der Waals surface area contributed by atoms with Crippen LogP contribution in [0, 0.1) is 0 Å². The number of benzene rings is 3. The first-order chi connectivity index (χ1) is 19.9. The fourth-order valence-electron chi connectivity index (χ4n) is 6.33. The SMILES string of the molecule is O=C(O)c1cccc(C2(n3c(=O)n(-c4ccc(-c5nnc(C6CCCCCC6)o5)cc4)c4cc(Cl)ccc43)CC2)c1. The summed E-state index contributed by atoms with van der Waals surface area (Å²) in [7, 11) is 0. The van der Waals surface area contributed by atoms with Crippen molar-refractivity contribution in [3.05, 3.63) is 99.3 Å². The third kappa shape index (κ3) is 4.47. The van der Waals surface area contributed by atoms with Gasteiger partial charge >= 0.3 is 11.7 Å². The van der Waals surface area contributed by atoms with Gasteiger partial charge in [0.1, 0.15) is 0 Å². The van der Waals surface area contributed by atoms with Crippen molar-refractivity contribution in [2.24, 2.45) is 0 Å². The van der Waals surface area contributed by atoms with Crippen LogP contribution in [0.25, 0.3) is 28.2 Å². The number of nitrogens with zero attached hydrogens (tertiary/aromatic N) is 4. The van der Waals surface area contributed by atoms with E-state index in [1.54, 1.807) is 39.5 Å². The van der Waals surface area contributed by atoms with Gasteiger partial charge in [0.25, 0.3) is 0 Å². The lowest BCUT2D eigenvalue weighted by Gasteiger charge is -2.18. The van der Waals surface area contributed by atoms with Gasteiger partial charge in [-0.1, -0.05) is 49.4 Å². The van der Waals surface area contributed by atoms with Crippen molar-refractivity contribution in [3.63, 3.8) is 0 Å². The minimum absolute atomic E-state index is 0.201. The van der Waals surface area contributed by atoms with Crippen LogP contribution in [0.5, 0.6) is 0 Å². The number of carboxylic acid groups (broad SMARTS) is 1. The topological polar surface area (TPSA) is 103 Å². The average molecular weight is 569 g/mol. The molecule has 2 saturated carbocycles. The van der Waals surface area contributed by atoms with Crippen molar-refractivity contribution >= 4 is 28.6 Å². The second-order valence-electron chi connectivity index (χ2n) is 11.2. The molecule has 0 unspecified atom stereocenters. The van der Waals surface area contributed by atoms with E-state index in [4.69, 9.17) is 16.0 Å². The number of carboxylic acids is 1. The summed E-state index contributed by atoms with van der Waals surface area (Å²) in [6, 6.07) is 19.8. The number of carbonyl (C=O) groups is 1. The van der Waals surface area contributed by atoms with Crippen molar-refractivity contribution < 1.29 is 14.3 Å². The maximum absolute atomic E-state index is 14.2. The summed E-state index contributed by atoms with van der Waals surface area (Å²) in [5.74, 6) is 0.510. The van der Waals surface area contributed by atoms with E-state index in [-0.39, 0.29) is 11.3 Å². The summed E-state index contributed by atoms with van der Waals surface area (Å²) in [6.45, 7) is 0. The van der Waals surface area contributed by atoms with Crippen LogP contribution in [0.3, 0.4) is 0 Å². The normalized spacial score (nSPS) is 17.0. The highest BCUT2D eigenvalue weighted by Gasteiger charge is 2.49. The number of rotatable bonds is 6. The summed E-state index contributed by atoms with van der Waals surface area (Å²) in [5.41, 5.74) is 3.09. The minimum atomic E-state index is -0.994. The molecule has 8 nitrogen and oxygen atoms in total. The summed E-state index contributed by atoms with van der Waals surface area (Å²) in [4.78, 5) is 25.8. The van der Waals surface area contributed by atoms with Crippen molar-refractivity contribution in [3.8, 4) is 17.1 Å². The Balaban J connectivity index is 1.28. The summed E-state index contributed by atoms with van der Waals surface area (Å²) in [6.07, 6.45) is 8.53. The van der Waals surface area contributed by atoms with Crippen LogP contribution >= 0.6 is 11.6 Å². The molecule has 41 heavy (non-hydrogen) atoms. The molecule has 2 aliphatic rings. The van der Waals surface area contributed by atoms with Gasteiger partial charge in [-0.2, -0.15) is 0 Å². The Morgan fingerprint density at radius 1 is 0.927 bits per heavy atom. The average Bonchev–Trinajstić information content (AvgIpc) is 3.63. The Bertz CT molecular complexity index is 1820. The van der Waals surface area contributed by atoms with Gasteiger partial charge in [0.15, 0.2) is 0 Å². The second-order valence-corrected chi connectivity index (χ2v) is 11.6. The van der Waals surface area contributed by atoms with E-state index >= 15 is 0 Å². The molecule has 0 atom stereocenters. The van der Waals surface area contributed by atoms with E-state index in [0.717, 1.165) is 42.3 Å². The van der Waals surface area contributed by atoms with Gasteiger partial charge in [0.2, 0.25) is 11.8 Å². The zero-order valence-corrected chi connectivity index (χ0v) is 23.2. The lowest BCUT2D eigenvalue weighted by atomic mass is 10.0. The molecule has 9 heteroatoms. The zero-order valence-electron chi connectivity index (χ0n) is 22.4. The molecule has 0 radical (unpaired) electrons. The summed E-state index contributed by atoms with van der Waals surface area (Å²) < 4.78 is 9.56. The molecular weight excluding hydrogens is 540 g/mol. The van der Waals surface area contributed by atoms with Gasteiger partial charge in [-0.25, -0.2) is 9.59 Å². The van der Waals surface area contributed by atoms with Crippen LogP contribution in [-0.2, 0) is 5.54 Å². The molecule has 0 amide bonds. The van der Waals surface area contributed by atoms with Crippen LogP contribution in [0.4, 0.5) is 0 Å². The number of fused-ring (bicyclic) bond motifs is 1. The van der Waals surface area contributed by atoms with Gasteiger partial charge in [0, 0.05) is 16.5 Å². The smallest absolute Gasteiger partial charge is 0.335 e. The quantitative estimate of drug-likeness (QED) is 0.218. The molecule has 7 rings (SSSR count). The highest BCUT2D eigenvalue weighted by Crippen LogP contribution is 2.50. The number of imidazole rings is 1. The molecule has 2 fully saturated rings. The number of aromatic carboxylic acids is 1. The van der Waals surface area contributed by atoms with E-state index in [9.17, 15) is 14.7 Å². The van der Waals surface area contributed by atoms with Gasteiger partial charge in [0.05, 0.1) is 27.8 Å². The summed E-state index contributed by atoms with van der Waals surface area (Å²) in [5, 5.41) is 18.8. The highest BCUT2D eigenvalue weighted by atomic mass is 35.5. The first-order valence-electron chi connectivity index (χ1n) is 14.2. The lowest BCUT2D eigenvalue weighted by molar-refractivity contribution is 0.0696. The Morgan fingerprint density at radius 2 is 1.68 bits per heavy atom. The third-order valence-electron chi connectivity index (χ3n) is 8.62. The molecule has 0 saturated heterocycles. The molecule has 5 aromatic rings. The van der Waals surface area contributed by atoms with E-state index in [0.29, 0.717) is 33.9 Å². The molecule has 2 aliphatic carbocycles. The van der Waals surface area contributed by atoms with Gasteiger partial charge in [-0.05, 0) is 85.8 Å². The Hall–Kier alpha value is -4.17. The molecule has 1 N–H and O–H groups in total. The molecule has 0 aliphatic heterocycles. The highest BCUT2D eigenvalue weighted by molar-refractivity contribution is 6.31. The predicted octanol–water partition coefficient (Wildman–Crippen LogP) is 7.17. The second kappa shape index (κ2) is 10.0. The standard InChI is InChI=1S/C32H29ClN4O4/c33-24-12-15-26-27(19-24)36(31(40)37(26)32(16-17-32)23-9-5-8-22(18-23)30(38)39)25-13-10-21(11-14-25)29-35-34-28(41-29)20-6-3-1-2-4-7-20/h5,8-15,18-20H,1-4,6-7,16-17H2,(H,38,39). The largest absolute Gasteiger partial charge is 0.478 e. The van der Waals surface area contributed by atoms with Gasteiger partial charge in [-0.15, -0.1) is 10.2 Å². The zero-order chi connectivity index (χ0) is 28.1. The van der Waals surface area contributed by atoms with Gasteiger partial charge in [-0.3, -0.25) is 9.13 Å². The Kier molecular flexibility index (Phi) is 6.31. The monoisotopic (exact) mass is 568 g/mol. The summed E-state index contributed by atoms with van der Waals surface area (Å²) >= 11 is 6.41. The Morgan fingerprint density at radius 3 is 2.39 bits per heavy atom. The van der Waals surface area contributed by atoms with Crippen LogP contribution in [-0.4, -0.2) is 30.4 Å². The molecule has 2 aromatic heterocycles. The fourth-order valence-corrected chi connectivity index (χ4v) is 6.50. The third-order valence-corrected chi connectivity index (χ3v) is 8.85. The maximum atomic E-state index is 14.2. The van der Waals surface area contributed by atoms with E-state index in [2.05, 4.69) is 10.2 Å². The number of halogens is 1. The van der Waals surface area contributed by atoms with Crippen molar-refractivity contribution in [2.75, 3.05) is 0 Å².